The van der Waals surface area contributed by atoms with Gasteiger partial charge >= 0.3 is 0 Å². The number of aryl methyl sites for hydroxylation is 1. The van der Waals surface area contributed by atoms with Gasteiger partial charge < -0.3 is 9.88 Å². The highest BCUT2D eigenvalue weighted by Crippen LogP contribution is 2.26. The minimum Gasteiger partial charge on any atom is -0.352 e. The summed E-state index contributed by atoms with van der Waals surface area (Å²) in [7, 11) is -1.63. The maximum absolute atomic E-state index is 13.1. The third-order valence-corrected chi connectivity index (χ3v) is 8.06. The van der Waals surface area contributed by atoms with Gasteiger partial charge in [-0.05, 0) is 54.8 Å². The Balaban J connectivity index is 1.37. The number of carbonyl (C=O) groups is 1. The minimum atomic E-state index is -3.57. The van der Waals surface area contributed by atoms with Crippen LogP contribution in [0, 0.1) is 5.92 Å². The normalized spacial score (nSPS) is 16.1. The molecular formula is C22H24BrN3O3S. The Bertz CT molecular complexity index is 1180. The molecule has 3 aromatic rings. The topological polar surface area (TPSA) is 71.4 Å². The Morgan fingerprint density at radius 3 is 2.63 bits per heavy atom. The predicted molar refractivity (Wildman–Crippen MR) is 120 cm³/mol. The molecule has 0 bridgehead atoms. The molecule has 6 nitrogen and oxygen atoms in total. The van der Waals surface area contributed by atoms with Crippen LogP contribution in [0.1, 0.15) is 18.4 Å². The lowest BCUT2D eigenvalue weighted by Crippen LogP contribution is -2.42. The van der Waals surface area contributed by atoms with E-state index in [1.807, 2.05) is 54.2 Å². The van der Waals surface area contributed by atoms with Gasteiger partial charge in [-0.25, -0.2) is 8.42 Å². The van der Waals surface area contributed by atoms with Gasteiger partial charge in [0.05, 0.1) is 4.90 Å². The molecule has 0 atom stereocenters. The van der Waals surface area contributed by atoms with Crippen molar-refractivity contribution in [3.8, 4) is 0 Å². The number of rotatable bonds is 5. The Morgan fingerprint density at radius 1 is 1.13 bits per heavy atom. The van der Waals surface area contributed by atoms with Gasteiger partial charge in [-0.15, -0.1) is 0 Å². The SMILES string of the molecule is Cn1ccc2cc(S(=O)(=O)N3CCC(C(=O)NCc4cccc(Br)c4)CC3)ccc21. The number of hydrogen-bond donors (Lipinski definition) is 1. The summed E-state index contributed by atoms with van der Waals surface area (Å²) in [6.45, 7) is 1.17. The summed E-state index contributed by atoms with van der Waals surface area (Å²) in [5.74, 6) is -0.182. The first kappa shape index (κ1) is 21.1. The second-order valence-corrected chi connectivity index (χ2v) is 10.5. The molecule has 1 aromatic heterocycles. The van der Waals surface area contributed by atoms with E-state index in [0.29, 0.717) is 37.4 Å². The third kappa shape index (κ3) is 4.31. The van der Waals surface area contributed by atoms with Crippen LogP contribution >= 0.6 is 15.9 Å². The highest BCUT2D eigenvalue weighted by molar-refractivity contribution is 9.10. The molecular weight excluding hydrogens is 466 g/mol. The lowest BCUT2D eigenvalue weighted by molar-refractivity contribution is -0.126. The molecule has 158 valence electrons. The standard InChI is InChI=1S/C22H24BrN3O3S/c1-25-10-7-18-14-20(5-6-21(18)25)30(28,29)26-11-8-17(9-12-26)22(27)24-15-16-3-2-4-19(23)13-16/h2-7,10,13-14,17H,8-9,11-12,15H2,1H3,(H,24,27). The van der Waals surface area contributed by atoms with E-state index in [-0.39, 0.29) is 11.8 Å². The molecule has 1 N–H and O–H groups in total. The molecule has 1 aliphatic heterocycles. The van der Waals surface area contributed by atoms with Crippen LogP contribution in [0.2, 0.25) is 0 Å². The van der Waals surface area contributed by atoms with Crippen molar-refractivity contribution in [3.05, 3.63) is 64.8 Å². The molecule has 4 rings (SSSR count). The van der Waals surface area contributed by atoms with E-state index >= 15 is 0 Å². The van der Waals surface area contributed by atoms with Gasteiger partial charge in [0.2, 0.25) is 15.9 Å². The van der Waals surface area contributed by atoms with Crippen molar-refractivity contribution in [1.82, 2.24) is 14.2 Å². The van der Waals surface area contributed by atoms with Crippen molar-refractivity contribution < 1.29 is 13.2 Å². The van der Waals surface area contributed by atoms with Gasteiger partial charge in [-0.2, -0.15) is 4.31 Å². The molecule has 0 spiro atoms. The lowest BCUT2D eigenvalue weighted by atomic mass is 9.97. The van der Waals surface area contributed by atoms with Crippen molar-refractivity contribution in [2.75, 3.05) is 13.1 Å². The molecule has 1 saturated heterocycles. The minimum absolute atomic E-state index is 0.0160. The molecule has 1 fully saturated rings. The van der Waals surface area contributed by atoms with E-state index in [1.54, 1.807) is 12.1 Å². The summed E-state index contributed by atoms with van der Waals surface area (Å²) in [5.41, 5.74) is 2.02. The third-order valence-electron chi connectivity index (χ3n) is 5.67. The molecule has 30 heavy (non-hydrogen) atoms. The quantitative estimate of drug-likeness (QED) is 0.594. The molecule has 1 aliphatic rings. The van der Waals surface area contributed by atoms with Crippen molar-refractivity contribution in [2.45, 2.75) is 24.3 Å². The van der Waals surface area contributed by atoms with Crippen LogP contribution in [0.4, 0.5) is 0 Å². The number of benzene rings is 2. The van der Waals surface area contributed by atoms with Crippen LogP contribution in [-0.2, 0) is 28.4 Å². The van der Waals surface area contributed by atoms with Crippen molar-refractivity contribution in [3.63, 3.8) is 0 Å². The Kier molecular flexibility index (Phi) is 5.99. The Morgan fingerprint density at radius 2 is 1.90 bits per heavy atom. The van der Waals surface area contributed by atoms with Crippen LogP contribution < -0.4 is 5.32 Å². The smallest absolute Gasteiger partial charge is 0.243 e. The maximum atomic E-state index is 13.1. The van der Waals surface area contributed by atoms with Crippen LogP contribution in [0.25, 0.3) is 10.9 Å². The fourth-order valence-electron chi connectivity index (χ4n) is 3.91. The molecule has 2 aromatic carbocycles. The van der Waals surface area contributed by atoms with Gasteiger partial charge in [0.15, 0.2) is 0 Å². The van der Waals surface area contributed by atoms with Gasteiger partial charge in [0.1, 0.15) is 0 Å². The van der Waals surface area contributed by atoms with Crippen LogP contribution in [0.5, 0.6) is 0 Å². The fraction of sp³-hybridized carbons (Fsp3) is 0.318. The number of aromatic nitrogens is 1. The fourth-order valence-corrected chi connectivity index (χ4v) is 5.86. The second-order valence-electron chi connectivity index (χ2n) is 7.67. The number of nitrogens with zero attached hydrogens (tertiary/aromatic N) is 2. The van der Waals surface area contributed by atoms with Gasteiger partial charge in [-0.1, -0.05) is 28.1 Å². The summed E-state index contributed by atoms with van der Waals surface area (Å²) in [4.78, 5) is 12.8. The van der Waals surface area contributed by atoms with Gasteiger partial charge in [0.25, 0.3) is 0 Å². The van der Waals surface area contributed by atoms with Crippen molar-refractivity contribution >= 4 is 42.8 Å². The number of fused-ring (bicyclic) bond motifs is 1. The number of sulfonamides is 1. The largest absolute Gasteiger partial charge is 0.352 e. The molecule has 0 unspecified atom stereocenters. The zero-order valence-corrected chi connectivity index (χ0v) is 19.1. The summed E-state index contributed by atoms with van der Waals surface area (Å²) in [6, 6.07) is 14.9. The molecule has 2 heterocycles. The summed E-state index contributed by atoms with van der Waals surface area (Å²) in [6.07, 6.45) is 2.97. The van der Waals surface area contributed by atoms with Gasteiger partial charge in [-0.3, -0.25) is 4.79 Å². The average Bonchev–Trinajstić information content (AvgIpc) is 3.12. The summed E-state index contributed by atoms with van der Waals surface area (Å²) in [5, 5.41) is 3.88. The zero-order valence-electron chi connectivity index (χ0n) is 16.7. The van der Waals surface area contributed by atoms with E-state index in [1.165, 1.54) is 4.31 Å². The summed E-state index contributed by atoms with van der Waals surface area (Å²) >= 11 is 3.43. The molecule has 1 amide bonds. The first-order valence-corrected chi connectivity index (χ1v) is 12.2. The first-order valence-electron chi connectivity index (χ1n) is 9.92. The van der Waals surface area contributed by atoms with Gasteiger partial charge in [0, 0.05) is 54.2 Å². The monoisotopic (exact) mass is 489 g/mol. The van der Waals surface area contributed by atoms with Crippen LogP contribution in [0.3, 0.4) is 0 Å². The number of amides is 1. The van der Waals surface area contributed by atoms with E-state index < -0.39 is 10.0 Å². The first-order chi connectivity index (χ1) is 14.3. The van der Waals surface area contributed by atoms with Crippen molar-refractivity contribution in [1.29, 1.82) is 0 Å². The molecule has 0 aliphatic carbocycles. The maximum Gasteiger partial charge on any atom is 0.243 e. The highest BCUT2D eigenvalue weighted by atomic mass is 79.9. The number of nitrogens with one attached hydrogen (secondary N) is 1. The average molecular weight is 490 g/mol. The Labute approximate surface area is 185 Å². The Hall–Kier alpha value is -2.16. The number of piperidine rings is 1. The number of carbonyl (C=O) groups excluding carboxylic acids is 1. The highest BCUT2D eigenvalue weighted by Gasteiger charge is 2.32. The van der Waals surface area contributed by atoms with E-state index in [0.717, 1.165) is 20.9 Å². The molecule has 0 saturated carbocycles. The molecule has 0 radical (unpaired) electrons. The number of halogens is 1. The van der Waals surface area contributed by atoms with E-state index in [9.17, 15) is 13.2 Å². The zero-order chi connectivity index (χ0) is 21.3. The summed E-state index contributed by atoms with van der Waals surface area (Å²) < 4.78 is 30.6. The predicted octanol–water partition coefficient (Wildman–Crippen LogP) is 3.66. The lowest BCUT2D eigenvalue weighted by Gasteiger charge is -2.30. The van der Waals surface area contributed by atoms with Crippen LogP contribution in [-0.4, -0.2) is 36.3 Å². The number of hydrogen-bond acceptors (Lipinski definition) is 3. The second kappa shape index (κ2) is 8.53. The van der Waals surface area contributed by atoms with Crippen LogP contribution in [0.15, 0.2) is 64.1 Å². The van der Waals surface area contributed by atoms with Crippen molar-refractivity contribution in [2.24, 2.45) is 13.0 Å². The van der Waals surface area contributed by atoms with E-state index in [2.05, 4.69) is 21.2 Å². The molecule has 8 heteroatoms. The van der Waals surface area contributed by atoms with E-state index in [4.69, 9.17) is 0 Å².